The number of H-pyrrole nitrogens is 1. The molecule has 2 fully saturated rings. The number of urea groups is 1. The molecular formula is C18H22N4O2. The number of aromatic amines is 1. The summed E-state index contributed by atoms with van der Waals surface area (Å²) < 4.78 is 0. The summed E-state index contributed by atoms with van der Waals surface area (Å²) in [6.07, 6.45) is 3.85. The van der Waals surface area contributed by atoms with Gasteiger partial charge >= 0.3 is 6.03 Å². The van der Waals surface area contributed by atoms with E-state index in [1.807, 2.05) is 35.4 Å². The number of Topliss-reactive ketones (excluding diaryl/α,β-unsaturated/α-hetero) is 1. The molecule has 0 unspecified atom stereocenters. The highest BCUT2D eigenvalue weighted by molar-refractivity contribution is 6.08. The van der Waals surface area contributed by atoms with Crippen LogP contribution in [0.1, 0.15) is 23.2 Å². The second-order valence-corrected chi connectivity index (χ2v) is 6.63. The number of aromatic nitrogens is 1. The number of para-hydroxylation sites is 1. The van der Waals surface area contributed by atoms with Gasteiger partial charge in [0.1, 0.15) is 0 Å². The van der Waals surface area contributed by atoms with E-state index in [1.165, 1.54) is 0 Å². The van der Waals surface area contributed by atoms with Gasteiger partial charge in [-0.05, 0) is 25.5 Å². The van der Waals surface area contributed by atoms with Crippen molar-refractivity contribution in [3.63, 3.8) is 0 Å². The van der Waals surface area contributed by atoms with Gasteiger partial charge in [0.05, 0.1) is 6.54 Å². The zero-order valence-corrected chi connectivity index (χ0v) is 13.6. The standard InChI is InChI=1S/C18H22N4O2/c23-17(15-10-20-16-6-2-1-5-14(15)16)12-21-8-3-4-13(11-21)22-9-7-19-18(22)24/h1-2,5-6,10,13,20H,3-4,7-9,11-12H2,(H,19,24)/t13-/m0/s1. The maximum Gasteiger partial charge on any atom is 0.317 e. The second-order valence-electron chi connectivity index (χ2n) is 6.63. The van der Waals surface area contributed by atoms with Gasteiger partial charge in [0.2, 0.25) is 0 Å². The number of likely N-dealkylation sites (tertiary alicyclic amines) is 1. The molecule has 126 valence electrons. The number of fused-ring (bicyclic) bond motifs is 1. The Labute approximate surface area is 140 Å². The zero-order valence-electron chi connectivity index (χ0n) is 13.6. The van der Waals surface area contributed by atoms with E-state index >= 15 is 0 Å². The molecule has 0 aliphatic carbocycles. The molecule has 2 aliphatic heterocycles. The number of amides is 2. The number of piperidine rings is 1. The van der Waals surface area contributed by atoms with Gasteiger partial charge in [-0.15, -0.1) is 0 Å². The van der Waals surface area contributed by atoms with E-state index in [2.05, 4.69) is 15.2 Å². The summed E-state index contributed by atoms with van der Waals surface area (Å²) >= 11 is 0. The molecule has 24 heavy (non-hydrogen) atoms. The molecule has 2 aliphatic rings. The Morgan fingerprint density at radius 2 is 2.12 bits per heavy atom. The van der Waals surface area contributed by atoms with E-state index in [9.17, 15) is 9.59 Å². The van der Waals surface area contributed by atoms with E-state index in [1.54, 1.807) is 0 Å². The van der Waals surface area contributed by atoms with Crippen LogP contribution in [0.4, 0.5) is 4.79 Å². The molecule has 0 radical (unpaired) electrons. The topological polar surface area (TPSA) is 68.4 Å². The normalized spacial score (nSPS) is 22.1. The molecule has 1 atom stereocenters. The van der Waals surface area contributed by atoms with Gasteiger partial charge in [-0.1, -0.05) is 18.2 Å². The molecule has 1 aromatic heterocycles. The lowest BCUT2D eigenvalue weighted by Crippen LogP contribution is -2.50. The van der Waals surface area contributed by atoms with Crippen LogP contribution in [0, 0.1) is 0 Å². The van der Waals surface area contributed by atoms with Crippen LogP contribution in [0.15, 0.2) is 30.5 Å². The molecule has 0 spiro atoms. The Kier molecular flexibility index (Phi) is 3.98. The maximum atomic E-state index is 12.7. The van der Waals surface area contributed by atoms with Crippen molar-refractivity contribution in [3.05, 3.63) is 36.0 Å². The summed E-state index contributed by atoms with van der Waals surface area (Å²) in [6, 6.07) is 8.13. The van der Waals surface area contributed by atoms with Crippen molar-refractivity contribution >= 4 is 22.7 Å². The van der Waals surface area contributed by atoms with Gasteiger partial charge in [-0.2, -0.15) is 0 Å². The molecule has 2 amide bonds. The van der Waals surface area contributed by atoms with Crippen LogP contribution < -0.4 is 5.32 Å². The molecule has 6 nitrogen and oxygen atoms in total. The largest absolute Gasteiger partial charge is 0.360 e. The SMILES string of the molecule is O=C(CN1CCC[C@H](N2CCNC2=O)C1)c1c[nH]c2ccccc12. The Balaban J connectivity index is 1.44. The predicted octanol–water partition coefficient (Wildman–Crippen LogP) is 1.84. The molecule has 4 rings (SSSR count). The van der Waals surface area contributed by atoms with E-state index in [0.29, 0.717) is 6.54 Å². The van der Waals surface area contributed by atoms with Crippen molar-refractivity contribution < 1.29 is 9.59 Å². The van der Waals surface area contributed by atoms with Crippen LogP contribution in [-0.4, -0.2) is 65.4 Å². The molecule has 6 heteroatoms. The molecule has 0 saturated carbocycles. The molecule has 2 saturated heterocycles. The highest BCUT2D eigenvalue weighted by Crippen LogP contribution is 2.21. The highest BCUT2D eigenvalue weighted by Gasteiger charge is 2.32. The van der Waals surface area contributed by atoms with E-state index in [0.717, 1.165) is 55.5 Å². The van der Waals surface area contributed by atoms with Crippen LogP contribution in [0.3, 0.4) is 0 Å². The Hall–Kier alpha value is -2.34. The molecule has 2 aromatic rings. The van der Waals surface area contributed by atoms with E-state index in [-0.39, 0.29) is 17.9 Å². The van der Waals surface area contributed by atoms with Gasteiger partial charge in [0.15, 0.2) is 5.78 Å². The third kappa shape index (κ3) is 2.78. The smallest absolute Gasteiger partial charge is 0.317 e. The number of carbonyl (C=O) groups excluding carboxylic acids is 2. The van der Waals surface area contributed by atoms with Crippen LogP contribution >= 0.6 is 0 Å². The van der Waals surface area contributed by atoms with Crippen molar-refractivity contribution in [1.29, 1.82) is 0 Å². The van der Waals surface area contributed by atoms with E-state index < -0.39 is 0 Å². The minimum Gasteiger partial charge on any atom is -0.360 e. The van der Waals surface area contributed by atoms with Gasteiger partial charge in [0.25, 0.3) is 0 Å². The summed E-state index contributed by atoms with van der Waals surface area (Å²) in [7, 11) is 0. The first kappa shape index (κ1) is 15.2. The third-order valence-electron chi connectivity index (χ3n) is 5.07. The molecular weight excluding hydrogens is 304 g/mol. The summed E-state index contributed by atoms with van der Waals surface area (Å²) in [5.41, 5.74) is 1.75. The quantitative estimate of drug-likeness (QED) is 0.843. The Bertz CT molecular complexity index is 769. The Morgan fingerprint density at radius 1 is 1.25 bits per heavy atom. The van der Waals surface area contributed by atoms with Crippen LogP contribution in [0.5, 0.6) is 0 Å². The number of carbonyl (C=O) groups is 2. The lowest BCUT2D eigenvalue weighted by Gasteiger charge is -2.36. The van der Waals surface area contributed by atoms with Crippen LogP contribution in [0.2, 0.25) is 0 Å². The van der Waals surface area contributed by atoms with Crippen LogP contribution in [-0.2, 0) is 0 Å². The zero-order chi connectivity index (χ0) is 16.5. The number of nitrogens with one attached hydrogen (secondary N) is 2. The van der Waals surface area contributed by atoms with Crippen molar-refractivity contribution in [2.45, 2.75) is 18.9 Å². The highest BCUT2D eigenvalue weighted by atomic mass is 16.2. The van der Waals surface area contributed by atoms with Crippen LogP contribution in [0.25, 0.3) is 10.9 Å². The summed E-state index contributed by atoms with van der Waals surface area (Å²) in [5, 5.41) is 3.84. The molecule has 1 aromatic carbocycles. The fraction of sp³-hybridized carbons (Fsp3) is 0.444. The minimum atomic E-state index is 0.0322. The Morgan fingerprint density at radius 3 is 2.96 bits per heavy atom. The summed E-state index contributed by atoms with van der Waals surface area (Å²) in [6.45, 7) is 3.60. The molecule has 3 heterocycles. The third-order valence-corrected chi connectivity index (χ3v) is 5.07. The fourth-order valence-electron chi connectivity index (χ4n) is 3.85. The van der Waals surface area contributed by atoms with Crippen molar-refractivity contribution in [2.75, 3.05) is 32.7 Å². The number of nitrogens with zero attached hydrogens (tertiary/aromatic N) is 2. The molecule has 0 bridgehead atoms. The average Bonchev–Trinajstić information content (AvgIpc) is 3.21. The van der Waals surface area contributed by atoms with Gasteiger partial charge in [-0.25, -0.2) is 4.79 Å². The van der Waals surface area contributed by atoms with Crippen molar-refractivity contribution in [3.8, 4) is 0 Å². The van der Waals surface area contributed by atoms with Crippen molar-refractivity contribution in [2.24, 2.45) is 0 Å². The fourth-order valence-corrected chi connectivity index (χ4v) is 3.85. The average molecular weight is 326 g/mol. The van der Waals surface area contributed by atoms with Gasteiger partial charge in [-0.3, -0.25) is 9.69 Å². The van der Waals surface area contributed by atoms with Gasteiger partial charge in [0, 0.05) is 48.3 Å². The first-order chi connectivity index (χ1) is 11.7. The first-order valence-electron chi connectivity index (χ1n) is 8.58. The monoisotopic (exact) mass is 326 g/mol. The van der Waals surface area contributed by atoms with Crippen molar-refractivity contribution in [1.82, 2.24) is 20.1 Å². The number of ketones is 1. The summed E-state index contributed by atoms with van der Waals surface area (Å²) in [4.78, 5) is 31.9. The number of rotatable bonds is 4. The first-order valence-corrected chi connectivity index (χ1v) is 8.58. The second kappa shape index (κ2) is 6.28. The predicted molar refractivity (Wildman–Crippen MR) is 92.2 cm³/mol. The number of hydrogen-bond acceptors (Lipinski definition) is 3. The maximum absolute atomic E-state index is 12.7. The summed E-state index contributed by atoms with van der Waals surface area (Å²) in [5.74, 6) is 0.138. The van der Waals surface area contributed by atoms with E-state index in [4.69, 9.17) is 0 Å². The lowest BCUT2D eigenvalue weighted by molar-refractivity contribution is 0.0855. The molecule has 2 N–H and O–H groups in total. The number of benzene rings is 1. The van der Waals surface area contributed by atoms with Gasteiger partial charge < -0.3 is 15.2 Å². The minimum absolute atomic E-state index is 0.0322. The number of hydrogen-bond donors (Lipinski definition) is 2. The lowest BCUT2D eigenvalue weighted by atomic mass is 10.0.